The molecular formula is C15H22ClNO. The molecule has 18 heavy (non-hydrogen) atoms. The average molecular weight is 268 g/mol. The van der Waals surface area contributed by atoms with E-state index in [0.29, 0.717) is 5.88 Å². The first-order chi connectivity index (χ1) is 8.36. The fourth-order valence-corrected chi connectivity index (χ4v) is 2.36. The van der Waals surface area contributed by atoms with Crippen molar-refractivity contribution in [1.82, 2.24) is 5.32 Å². The summed E-state index contributed by atoms with van der Waals surface area (Å²) in [6, 6.07) is 4.16. The number of rotatable bonds is 4. The summed E-state index contributed by atoms with van der Waals surface area (Å²) in [5.74, 6) is 0.809. The summed E-state index contributed by atoms with van der Waals surface area (Å²) in [7, 11) is 0. The van der Waals surface area contributed by atoms with Crippen LogP contribution in [0.4, 0.5) is 0 Å². The predicted molar refractivity (Wildman–Crippen MR) is 77.5 cm³/mol. The van der Waals surface area contributed by atoms with Crippen LogP contribution in [-0.4, -0.2) is 17.8 Å². The molecule has 1 amide bonds. The maximum atomic E-state index is 12.3. The van der Waals surface area contributed by atoms with Gasteiger partial charge in [0.2, 0.25) is 0 Å². The van der Waals surface area contributed by atoms with E-state index in [1.165, 1.54) is 5.56 Å². The lowest BCUT2D eigenvalue weighted by Crippen LogP contribution is -2.38. The molecule has 0 saturated carbocycles. The van der Waals surface area contributed by atoms with Crippen LogP contribution in [-0.2, 0) is 0 Å². The smallest absolute Gasteiger partial charge is 0.252 e. The topological polar surface area (TPSA) is 29.1 Å². The summed E-state index contributed by atoms with van der Waals surface area (Å²) in [5, 5.41) is 3.02. The highest BCUT2D eigenvalue weighted by atomic mass is 35.5. The summed E-state index contributed by atoms with van der Waals surface area (Å²) >= 11 is 5.81. The SMILES string of the molecule is Cc1cc(C)c(C(=O)NC(C)C(C)CCl)c(C)c1. The molecule has 0 spiro atoms. The van der Waals surface area contributed by atoms with Gasteiger partial charge in [-0.1, -0.05) is 24.6 Å². The van der Waals surface area contributed by atoms with E-state index in [-0.39, 0.29) is 17.9 Å². The van der Waals surface area contributed by atoms with Crippen molar-refractivity contribution in [3.63, 3.8) is 0 Å². The predicted octanol–water partition coefficient (Wildman–Crippen LogP) is 3.61. The van der Waals surface area contributed by atoms with Crippen LogP contribution in [0.15, 0.2) is 12.1 Å². The lowest BCUT2D eigenvalue weighted by Gasteiger charge is -2.20. The summed E-state index contributed by atoms with van der Waals surface area (Å²) < 4.78 is 0. The van der Waals surface area contributed by atoms with Crippen LogP contribution in [0.3, 0.4) is 0 Å². The van der Waals surface area contributed by atoms with Gasteiger partial charge in [0.25, 0.3) is 5.91 Å². The molecule has 0 fully saturated rings. The fraction of sp³-hybridized carbons (Fsp3) is 0.533. The quantitative estimate of drug-likeness (QED) is 0.830. The van der Waals surface area contributed by atoms with Crippen molar-refractivity contribution in [2.75, 3.05) is 5.88 Å². The number of hydrogen-bond acceptors (Lipinski definition) is 1. The van der Waals surface area contributed by atoms with E-state index in [2.05, 4.69) is 5.32 Å². The third-order valence-corrected chi connectivity index (χ3v) is 3.85. The van der Waals surface area contributed by atoms with Gasteiger partial charge in [-0.15, -0.1) is 11.6 Å². The van der Waals surface area contributed by atoms with Gasteiger partial charge in [0.15, 0.2) is 0 Å². The molecule has 1 rings (SSSR count). The van der Waals surface area contributed by atoms with E-state index in [1.54, 1.807) is 0 Å². The molecule has 2 nitrogen and oxygen atoms in total. The van der Waals surface area contributed by atoms with Crippen LogP contribution in [0, 0.1) is 26.7 Å². The van der Waals surface area contributed by atoms with Gasteiger partial charge in [0.05, 0.1) is 0 Å². The van der Waals surface area contributed by atoms with Crippen LogP contribution in [0.25, 0.3) is 0 Å². The van der Waals surface area contributed by atoms with Crippen LogP contribution < -0.4 is 5.32 Å². The standard InChI is InChI=1S/C15H22ClNO/c1-9-6-10(2)14(11(3)7-9)15(18)17-13(5)12(4)8-16/h6-7,12-13H,8H2,1-5H3,(H,17,18). The van der Waals surface area contributed by atoms with Gasteiger partial charge in [0, 0.05) is 17.5 Å². The zero-order valence-corrected chi connectivity index (χ0v) is 12.6. The Balaban J connectivity index is 2.92. The number of carbonyl (C=O) groups is 1. The number of aryl methyl sites for hydroxylation is 3. The van der Waals surface area contributed by atoms with Crippen LogP contribution in [0.1, 0.15) is 40.9 Å². The van der Waals surface area contributed by atoms with E-state index in [1.807, 2.05) is 46.8 Å². The Morgan fingerprint density at radius 2 is 1.72 bits per heavy atom. The van der Waals surface area contributed by atoms with Gasteiger partial charge < -0.3 is 5.32 Å². The molecule has 1 aromatic carbocycles. The zero-order valence-electron chi connectivity index (χ0n) is 11.8. The lowest BCUT2D eigenvalue weighted by molar-refractivity contribution is 0.0929. The van der Waals surface area contributed by atoms with E-state index < -0.39 is 0 Å². The van der Waals surface area contributed by atoms with Crippen molar-refractivity contribution in [2.45, 2.75) is 40.7 Å². The second-order valence-corrected chi connectivity index (χ2v) is 5.48. The second kappa shape index (κ2) is 6.24. The van der Waals surface area contributed by atoms with Crippen molar-refractivity contribution in [3.8, 4) is 0 Å². The van der Waals surface area contributed by atoms with Gasteiger partial charge in [-0.2, -0.15) is 0 Å². The minimum Gasteiger partial charge on any atom is -0.349 e. The molecule has 3 heteroatoms. The number of benzene rings is 1. The highest BCUT2D eigenvalue weighted by Gasteiger charge is 2.18. The summed E-state index contributed by atoms with van der Waals surface area (Å²) in [6.07, 6.45) is 0. The number of carbonyl (C=O) groups excluding carboxylic acids is 1. The number of nitrogens with one attached hydrogen (secondary N) is 1. The van der Waals surface area contributed by atoms with Crippen molar-refractivity contribution in [3.05, 3.63) is 34.4 Å². The van der Waals surface area contributed by atoms with Gasteiger partial charge in [-0.05, 0) is 44.7 Å². The van der Waals surface area contributed by atoms with E-state index in [0.717, 1.165) is 16.7 Å². The molecule has 0 aliphatic carbocycles. The Hall–Kier alpha value is -1.02. The minimum absolute atomic E-state index is 0.00512. The average Bonchev–Trinajstić information content (AvgIpc) is 2.26. The molecular weight excluding hydrogens is 246 g/mol. The summed E-state index contributed by atoms with van der Waals surface area (Å²) in [4.78, 5) is 12.3. The second-order valence-electron chi connectivity index (χ2n) is 5.17. The van der Waals surface area contributed by atoms with Gasteiger partial charge in [0.1, 0.15) is 0 Å². The maximum absolute atomic E-state index is 12.3. The van der Waals surface area contributed by atoms with Crippen LogP contribution in [0.2, 0.25) is 0 Å². The monoisotopic (exact) mass is 267 g/mol. The third-order valence-electron chi connectivity index (χ3n) is 3.36. The van der Waals surface area contributed by atoms with Gasteiger partial charge in [-0.3, -0.25) is 4.79 Å². The molecule has 0 heterocycles. The molecule has 0 aliphatic rings. The minimum atomic E-state index is -0.00512. The maximum Gasteiger partial charge on any atom is 0.252 e. The van der Waals surface area contributed by atoms with Crippen molar-refractivity contribution < 1.29 is 4.79 Å². The normalized spacial score (nSPS) is 14.1. The van der Waals surface area contributed by atoms with E-state index in [9.17, 15) is 4.79 Å². The molecule has 0 aromatic heterocycles. The van der Waals surface area contributed by atoms with Crippen LogP contribution in [0.5, 0.6) is 0 Å². The number of hydrogen-bond donors (Lipinski definition) is 1. The lowest BCUT2D eigenvalue weighted by atomic mass is 9.98. The third kappa shape index (κ3) is 3.49. The first kappa shape index (κ1) is 15.0. The first-order valence-electron chi connectivity index (χ1n) is 6.31. The fourth-order valence-electron chi connectivity index (χ4n) is 2.09. The Kier molecular flexibility index (Phi) is 5.21. The Morgan fingerprint density at radius 3 is 2.17 bits per heavy atom. The summed E-state index contributed by atoms with van der Waals surface area (Å²) in [5.41, 5.74) is 4.02. The zero-order chi connectivity index (χ0) is 13.9. The molecule has 0 saturated heterocycles. The largest absolute Gasteiger partial charge is 0.349 e. The first-order valence-corrected chi connectivity index (χ1v) is 6.85. The van der Waals surface area contributed by atoms with E-state index in [4.69, 9.17) is 11.6 Å². The highest BCUT2D eigenvalue weighted by molar-refractivity contribution is 6.18. The van der Waals surface area contributed by atoms with Crippen molar-refractivity contribution in [1.29, 1.82) is 0 Å². The molecule has 1 N–H and O–H groups in total. The molecule has 0 radical (unpaired) electrons. The Morgan fingerprint density at radius 1 is 1.22 bits per heavy atom. The van der Waals surface area contributed by atoms with Crippen LogP contribution >= 0.6 is 11.6 Å². The Bertz CT molecular complexity index is 419. The number of amides is 1. The number of alkyl halides is 1. The van der Waals surface area contributed by atoms with Gasteiger partial charge in [-0.25, -0.2) is 0 Å². The Labute approximate surface area is 115 Å². The highest BCUT2D eigenvalue weighted by Crippen LogP contribution is 2.17. The molecule has 0 bridgehead atoms. The number of halogens is 1. The van der Waals surface area contributed by atoms with E-state index >= 15 is 0 Å². The van der Waals surface area contributed by atoms with Crippen molar-refractivity contribution in [2.24, 2.45) is 5.92 Å². The van der Waals surface area contributed by atoms with Gasteiger partial charge >= 0.3 is 0 Å². The molecule has 2 atom stereocenters. The molecule has 100 valence electrons. The van der Waals surface area contributed by atoms with Crippen molar-refractivity contribution >= 4 is 17.5 Å². The molecule has 2 unspecified atom stereocenters. The molecule has 0 aliphatic heterocycles. The summed E-state index contributed by atoms with van der Waals surface area (Å²) in [6.45, 7) is 10.0. The molecule has 1 aromatic rings.